The molecule has 18 heavy (non-hydrogen) atoms. The molecule has 5 heteroatoms. The summed E-state index contributed by atoms with van der Waals surface area (Å²) in [6.07, 6.45) is 2.52. The molecule has 98 valence electrons. The van der Waals surface area contributed by atoms with Crippen LogP contribution in [0.2, 0.25) is 0 Å². The number of aromatic carboxylic acids is 1. The van der Waals surface area contributed by atoms with Crippen LogP contribution in [0.15, 0.2) is 30.9 Å². The summed E-state index contributed by atoms with van der Waals surface area (Å²) in [7, 11) is 0. The van der Waals surface area contributed by atoms with Gasteiger partial charge in [0, 0.05) is 6.54 Å². The molecule has 0 unspecified atom stereocenters. The molecule has 0 amide bonds. The third kappa shape index (κ3) is 4.18. The second kappa shape index (κ2) is 7.45. The number of carboxylic acids is 1. The molecule has 0 atom stereocenters. The Labute approximate surface area is 105 Å². The van der Waals surface area contributed by atoms with E-state index >= 15 is 0 Å². The maximum absolute atomic E-state index is 13.3. The molecule has 4 nitrogen and oxygen atoms in total. The van der Waals surface area contributed by atoms with Gasteiger partial charge in [-0.2, -0.15) is 0 Å². The largest absolute Gasteiger partial charge is 0.478 e. The maximum atomic E-state index is 13.3. The summed E-state index contributed by atoms with van der Waals surface area (Å²) in [6, 6.07) is 4.11. The molecule has 0 aliphatic rings. The van der Waals surface area contributed by atoms with Crippen LogP contribution in [0, 0.1) is 5.82 Å². The van der Waals surface area contributed by atoms with Crippen LogP contribution in [-0.2, 0) is 4.74 Å². The average molecular weight is 253 g/mol. The Morgan fingerprint density at radius 2 is 2.28 bits per heavy atom. The van der Waals surface area contributed by atoms with Crippen molar-refractivity contribution in [3.05, 3.63) is 42.2 Å². The second-order valence-corrected chi connectivity index (χ2v) is 3.58. The lowest BCUT2D eigenvalue weighted by Gasteiger charge is -2.10. The molecule has 0 aliphatic carbocycles. The van der Waals surface area contributed by atoms with Crippen molar-refractivity contribution >= 4 is 11.7 Å². The van der Waals surface area contributed by atoms with Crippen molar-refractivity contribution in [2.24, 2.45) is 0 Å². The maximum Gasteiger partial charge on any atom is 0.340 e. The van der Waals surface area contributed by atoms with E-state index in [-0.39, 0.29) is 11.3 Å². The van der Waals surface area contributed by atoms with Gasteiger partial charge in [0.15, 0.2) is 0 Å². The number of carboxylic acid groups (broad SMARTS) is 1. The van der Waals surface area contributed by atoms with Gasteiger partial charge >= 0.3 is 5.97 Å². The summed E-state index contributed by atoms with van der Waals surface area (Å²) in [5, 5.41) is 11.7. The first kappa shape index (κ1) is 14.2. The van der Waals surface area contributed by atoms with Crippen molar-refractivity contribution < 1.29 is 19.0 Å². The van der Waals surface area contributed by atoms with Crippen molar-refractivity contribution in [3.63, 3.8) is 0 Å². The number of nitrogens with one attached hydrogen (secondary N) is 1. The Hall–Kier alpha value is -1.88. The fraction of sp³-hybridized carbons (Fsp3) is 0.308. The van der Waals surface area contributed by atoms with Gasteiger partial charge in [-0.25, -0.2) is 9.18 Å². The highest BCUT2D eigenvalue weighted by atomic mass is 19.1. The van der Waals surface area contributed by atoms with Gasteiger partial charge in [0.1, 0.15) is 11.4 Å². The summed E-state index contributed by atoms with van der Waals surface area (Å²) < 4.78 is 18.6. The van der Waals surface area contributed by atoms with Crippen LogP contribution in [0.1, 0.15) is 16.8 Å². The van der Waals surface area contributed by atoms with Gasteiger partial charge < -0.3 is 15.2 Å². The minimum Gasteiger partial charge on any atom is -0.478 e. The number of carbonyl (C=O) groups is 1. The zero-order valence-electron chi connectivity index (χ0n) is 9.99. The molecule has 0 heterocycles. The van der Waals surface area contributed by atoms with Gasteiger partial charge in [-0.15, -0.1) is 6.58 Å². The SMILES string of the molecule is C=CCCOCCNc1cccc(F)c1C(=O)O. The van der Waals surface area contributed by atoms with Gasteiger partial charge in [-0.1, -0.05) is 12.1 Å². The molecular weight excluding hydrogens is 237 g/mol. The minimum atomic E-state index is -1.29. The predicted octanol–water partition coefficient (Wildman–Crippen LogP) is 2.53. The highest BCUT2D eigenvalue weighted by Crippen LogP contribution is 2.18. The van der Waals surface area contributed by atoms with E-state index in [1.807, 2.05) is 0 Å². The van der Waals surface area contributed by atoms with E-state index in [0.29, 0.717) is 19.8 Å². The van der Waals surface area contributed by atoms with Crippen LogP contribution in [0.25, 0.3) is 0 Å². The molecule has 0 saturated carbocycles. The number of halogens is 1. The van der Waals surface area contributed by atoms with Crippen LogP contribution in [0.5, 0.6) is 0 Å². The van der Waals surface area contributed by atoms with Crippen LogP contribution in [0.3, 0.4) is 0 Å². The fourth-order valence-electron chi connectivity index (χ4n) is 1.42. The zero-order chi connectivity index (χ0) is 13.4. The summed E-state index contributed by atoms with van der Waals surface area (Å²) >= 11 is 0. The van der Waals surface area contributed by atoms with Gasteiger partial charge in [-0.05, 0) is 18.6 Å². The fourth-order valence-corrected chi connectivity index (χ4v) is 1.42. The van der Waals surface area contributed by atoms with Gasteiger partial charge in [0.2, 0.25) is 0 Å². The molecule has 0 aromatic heterocycles. The van der Waals surface area contributed by atoms with Crippen molar-refractivity contribution in [3.8, 4) is 0 Å². The monoisotopic (exact) mass is 253 g/mol. The zero-order valence-corrected chi connectivity index (χ0v) is 9.99. The molecule has 0 spiro atoms. The molecule has 0 aliphatic heterocycles. The van der Waals surface area contributed by atoms with Crippen LogP contribution < -0.4 is 5.32 Å². The lowest BCUT2D eigenvalue weighted by Crippen LogP contribution is -2.13. The number of anilines is 1. The van der Waals surface area contributed by atoms with Gasteiger partial charge in [0.05, 0.1) is 18.9 Å². The Morgan fingerprint density at radius 3 is 2.94 bits per heavy atom. The predicted molar refractivity (Wildman–Crippen MR) is 67.5 cm³/mol. The van der Waals surface area contributed by atoms with E-state index < -0.39 is 11.8 Å². The van der Waals surface area contributed by atoms with Gasteiger partial charge in [-0.3, -0.25) is 0 Å². The van der Waals surface area contributed by atoms with Crippen LogP contribution in [0.4, 0.5) is 10.1 Å². The molecular formula is C13H16FNO3. The van der Waals surface area contributed by atoms with Crippen molar-refractivity contribution in [1.82, 2.24) is 0 Å². The number of hydrogen-bond donors (Lipinski definition) is 2. The normalized spacial score (nSPS) is 10.1. The second-order valence-electron chi connectivity index (χ2n) is 3.58. The quantitative estimate of drug-likeness (QED) is 0.552. The van der Waals surface area contributed by atoms with E-state index in [0.717, 1.165) is 12.5 Å². The Kier molecular flexibility index (Phi) is 5.87. The number of rotatable bonds is 8. The highest BCUT2D eigenvalue weighted by Gasteiger charge is 2.14. The Morgan fingerprint density at radius 1 is 1.50 bits per heavy atom. The topological polar surface area (TPSA) is 58.6 Å². The number of ether oxygens (including phenoxy) is 1. The molecule has 1 aromatic rings. The molecule has 1 rings (SSSR count). The molecule has 0 bridgehead atoms. The average Bonchev–Trinajstić information content (AvgIpc) is 2.33. The molecule has 0 fully saturated rings. The number of benzene rings is 1. The first-order valence-corrected chi connectivity index (χ1v) is 5.61. The first-order chi connectivity index (χ1) is 8.66. The van der Waals surface area contributed by atoms with E-state index in [9.17, 15) is 9.18 Å². The lowest BCUT2D eigenvalue weighted by molar-refractivity contribution is 0.0693. The van der Waals surface area contributed by atoms with Crippen molar-refractivity contribution in [2.75, 3.05) is 25.1 Å². The minimum absolute atomic E-state index is 0.259. The Balaban J connectivity index is 2.49. The van der Waals surface area contributed by atoms with E-state index in [1.165, 1.54) is 12.1 Å². The van der Waals surface area contributed by atoms with Crippen LogP contribution >= 0.6 is 0 Å². The third-order valence-electron chi connectivity index (χ3n) is 2.26. The summed E-state index contributed by atoms with van der Waals surface area (Å²) in [6.45, 7) is 4.97. The molecule has 0 saturated heterocycles. The summed E-state index contributed by atoms with van der Waals surface area (Å²) in [5.74, 6) is -2.04. The van der Waals surface area contributed by atoms with E-state index in [4.69, 9.17) is 9.84 Å². The van der Waals surface area contributed by atoms with Crippen LogP contribution in [-0.4, -0.2) is 30.8 Å². The van der Waals surface area contributed by atoms with E-state index in [1.54, 1.807) is 6.08 Å². The smallest absolute Gasteiger partial charge is 0.340 e. The first-order valence-electron chi connectivity index (χ1n) is 5.61. The van der Waals surface area contributed by atoms with E-state index in [2.05, 4.69) is 11.9 Å². The highest BCUT2D eigenvalue weighted by molar-refractivity contribution is 5.94. The lowest BCUT2D eigenvalue weighted by atomic mass is 10.1. The third-order valence-corrected chi connectivity index (χ3v) is 2.26. The van der Waals surface area contributed by atoms with Gasteiger partial charge in [0.25, 0.3) is 0 Å². The molecule has 2 N–H and O–H groups in total. The molecule has 0 radical (unpaired) electrons. The molecule has 1 aromatic carbocycles. The van der Waals surface area contributed by atoms with Crippen molar-refractivity contribution in [2.45, 2.75) is 6.42 Å². The summed E-state index contributed by atoms with van der Waals surface area (Å²) in [4.78, 5) is 10.9. The Bertz CT molecular complexity index is 421. The number of hydrogen-bond acceptors (Lipinski definition) is 3. The van der Waals surface area contributed by atoms with Crippen molar-refractivity contribution in [1.29, 1.82) is 0 Å². The standard InChI is InChI=1S/C13H16FNO3/c1-2-3-8-18-9-7-15-11-6-4-5-10(14)12(11)13(16)17/h2,4-6,15H,1,3,7-9H2,(H,16,17). The summed E-state index contributed by atoms with van der Waals surface area (Å²) in [5.41, 5.74) is -0.0848.